The third kappa shape index (κ3) is 3.07. The summed E-state index contributed by atoms with van der Waals surface area (Å²) in [6.07, 6.45) is 0.983. The third-order valence-corrected chi connectivity index (χ3v) is 5.06. The van der Waals surface area contributed by atoms with E-state index in [4.69, 9.17) is 4.52 Å². The molecule has 4 rings (SSSR count). The molecule has 2 aliphatic heterocycles. The van der Waals surface area contributed by atoms with Crippen molar-refractivity contribution in [3.05, 3.63) is 42.1 Å². The molecule has 2 amide bonds. The van der Waals surface area contributed by atoms with Crippen LogP contribution in [0.5, 0.6) is 0 Å². The van der Waals surface area contributed by atoms with Crippen LogP contribution in [0, 0.1) is 0 Å². The molecule has 1 aromatic heterocycles. The van der Waals surface area contributed by atoms with Crippen molar-refractivity contribution in [2.75, 3.05) is 27.2 Å². The first-order valence-corrected chi connectivity index (χ1v) is 8.89. The Kier molecular flexibility index (Phi) is 4.18. The molecule has 0 bridgehead atoms. The fourth-order valence-corrected chi connectivity index (χ4v) is 3.41. The van der Waals surface area contributed by atoms with E-state index in [0.717, 1.165) is 5.56 Å². The Morgan fingerprint density at radius 3 is 2.56 bits per heavy atom. The van der Waals surface area contributed by atoms with Gasteiger partial charge in [-0.3, -0.25) is 14.9 Å². The molecule has 0 atom stereocenters. The quantitative estimate of drug-likeness (QED) is 0.866. The highest BCUT2D eigenvalue weighted by molar-refractivity contribution is 6.07. The van der Waals surface area contributed by atoms with Gasteiger partial charge in [-0.25, -0.2) is 4.99 Å². The van der Waals surface area contributed by atoms with E-state index in [0.29, 0.717) is 37.7 Å². The molecule has 0 saturated carbocycles. The van der Waals surface area contributed by atoms with Gasteiger partial charge in [-0.05, 0) is 12.8 Å². The molecular weight excluding hydrogens is 346 g/mol. The van der Waals surface area contributed by atoms with E-state index in [-0.39, 0.29) is 17.5 Å². The monoisotopic (exact) mass is 367 g/mol. The van der Waals surface area contributed by atoms with Crippen LogP contribution in [0.15, 0.2) is 45.9 Å². The van der Waals surface area contributed by atoms with Crippen molar-refractivity contribution in [1.82, 2.24) is 20.3 Å². The molecule has 3 heterocycles. The minimum atomic E-state index is -0.768. The summed E-state index contributed by atoms with van der Waals surface area (Å²) in [7, 11) is 3.68. The van der Waals surface area contributed by atoms with Gasteiger partial charge in [0.05, 0.1) is 0 Å². The van der Waals surface area contributed by atoms with Crippen molar-refractivity contribution < 1.29 is 14.1 Å². The molecule has 1 aromatic carbocycles. The van der Waals surface area contributed by atoms with Crippen molar-refractivity contribution in [3.63, 3.8) is 0 Å². The Balaban J connectivity index is 1.45. The van der Waals surface area contributed by atoms with Gasteiger partial charge in [0, 0.05) is 38.8 Å². The molecule has 0 unspecified atom stereocenters. The second-order valence-corrected chi connectivity index (χ2v) is 7.05. The van der Waals surface area contributed by atoms with Crippen LogP contribution in [-0.2, 0) is 4.79 Å². The minimum Gasteiger partial charge on any atom is -0.355 e. The Bertz CT molecular complexity index is 895. The molecule has 140 valence electrons. The number of likely N-dealkylation sites (tertiary alicyclic amines) is 1. The number of nitrogens with one attached hydrogen (secondary N) is 1. The van der Waals surface area contributed by atoms with E-state index >= 15 is 0 Å². The predicted molar refractivity (Wildman–Crippen MR) is 99.1 cm³/mol. The topological polar surface area (TPSA) is 91.0 Å². The Morgan fingerprint density at radius 2 is 1.93 bits per heavy atom. The molecule has 27 heavy (non-hydrogen) atoms. The maximum absolute atomic E-state index is 12.8. The van der Waals surface area contributed by atoms with Crippen LogP contribution in [0.1, 0.15) is 23.3 Å². The predicted octanol–water partition coefficient (Wildman–Crippen LogP) is 1.36. The minimum absolute atomic E-state index is 0.0916. The van der Waals surface area contributed by atoms with Gasteiger partial charge in [0.15, 0.2) is 11.5 Å². The van der Waals surface area contributed by atoms with E-state index in [9.17, 15) is 9.59 Å². The zero-order valence-corrected chi connectivity index (χ0v) is 15.3. The first kappa shape index (κ1) is 17.3. The highest BCUT2D eigenvalue weighted by atomic mass is 16.5. The number of aliphatic imine (C=N–C) groups is 1. The summed E-state index contributed by atoms with van der Waals surface area (Å²) in [6, 6.07) is 11.2. The molecule has 1 spiro atoms. The first-order chi connectivity index (χ1) is 13.0. The zero-order valence-electron chi connectivity index (χ0n) is 15.3. The molecule has 0 radical (unpaired) electrons. The van der Waals surface area contributed by atoms with Crippen LogP contribution in [-0.4, -0.2) is 65.5 Å². The number of carbonyl (C=O) groups excluding carboxylic acids is 2. The second kappa shape index (κ2) is 6.53. The number of amides is 2. The Hall–Kier alpha value is -3.16. The first-order valence-electron chi connectivity index (χ1n) is 8.89. The van der Waals surface area contributed by atoms with Gasteiger partial charge >= 0.3 is 0 Å². The van der Waals surface area contributed by atoms with Gasteiger partial charge in [-0.15, -0.1) is 0 Å². The highest BCUT2D eigenvalue weighted by Gasteiger charge is 2.47. The number of benzene rings is 1. The van der Waals surface area contributed by atoms with E-state index in [2.05, 4.69) is 15.5 Å². The molecule has 1 fully saturated rings. The van der Waals surface area contributed by atoms with Gasteiger partial charge in [0.2, 0.25) is 5.96 Å². The van der Waals surface area contributed by atoms with E-state index in [1.165, 1.54) is 0 Å². The standard InChI is InChI=1S/C19H21N5O3/c1-23(2)18-20-17(26)19(21-18)8-10-24(11-9-19)16(25)14-12-15(27-22-14)13-6-4-3-5-7-13/h3-7,12H,8-11H2,1-2H3,(H,20,21,26). The summed E-state index contributed by atoms with van der Waals surface area (Å²) in [4.78, 5) is 33.2. The van der Waals surface area contributed by atoms with Crippen molar-refractivity contribution in [1.29, 1.82) is 0 Å². The van der Waals surface area contributed by atoms with Crippen molar-refractivity contribution in [3.8, 4) is 11.3 Å². The lowest BCUT2D eigenvalue weighted by Gasteiger charge is -2.34. The molecule has 0 aliphatic carbocycles. The lowest BCUT2D eigenvalue weighted by atomic mass is 9.88. The summed E-state index contributed by atoms with van der Waals surface area (Å²) in [6.45, 7) is 0.897. The lowest BCUT2D eigenvalue weighted by Crippen LogP contribution is -2.50. The largest absolute Gasteiger partial charge is 0.355 e. The number of hydrogen-bond donors (Lipinski definition) is 1. The van der Waals surface area contributed by atoms with E-state index in [1.54, 1.807) is 15.9 Å². The number of carbonyl (C=O) groups is 2. The molecular formula is C19H21N5O3. The molecule has 2 aromatic rings. The van der Waals surface area contributed by atoms with Gasteiger partial charge in [0.1, 0.15) is 5.54 Å². The molecule has 2 aliphatic rings. The van der Waals surface area contributed by atoms with Gasteiger partial charge in [-0.1, -0.05) is 35.5 Å². The van der Waals surface area contributed by atoms with Crippen LogP contribution in [0.3, 0.4) is 0 Å². The number of aromatic nitrogens is 1. The number of guanidine groups is 1. The number of hydrogen-bond acceptors (Lipinski definition) is 6. The van der Waals surface area contributed by atoms with Crippen LogP contribution < -0.4 is 5.32 Å². The second-order valence-electron chi connectivity index (χ2n) is 7.05. The Morgan fingerprint density at radius 1 is 1.22 bits per heavy atom. The highest BCUT2D eigenvalue weighted by Crippen LogP contribution is 2.31. The Labute approximate surface area is 156 Å². The number of rotatable bonds is 2. The van der Waals surface area contributed by atoms with Crippen LogP contribution >= 0.6 is 0 Å². The SMILES string of the molecule is CN(C)C1=NC2(CCN(C(=O)c3cc(-c4ccccc4)on3)CC2)C(=O)N1. The molecule has 8 heteroatoms. The average molecular weight is 367 g/mol. The summed E-state index contributed by atoms with van der Waals surface area (Å²) in [5.41, 5.74) is 0.378. The van der Waals surface area contributed by atoms with Crippen LogP contribution in [0.25, 0.3) is 11.3 Å². The smallest absolute Gasteiger partial charge is 0.276 e. The zero-order chi connectivity index (χ0) is 19.0. The fraction of sp³-hybridized carbons (Fsp3) is 0.368. The van der Waals surface area contributed by atoms with Crippen LogP contribution in [0.4, 0.5) is 0 Å². The van der Waals surface area contributed by atoms with Gasteiger partial charge in [0.25, 0.3) is 11.8 Å². The maximum atomic E-state index is 12.8. The molecule has 8 nitrogen and oxygen atoms in total. The molecule has 1 saturated heterocycles. The van der Waals surface area contributed by atoms with Crippen LogP contribution in [0.2, 0.25) is 0 Å². The molecule has 1 N–H and O–H groups in total. The van der Waals surface area contributed by atoms with Gasteiger partial charge < -0.3 is 14.3 Å². The van der Waals surface area contributed by atoms with E-state index < -0.39 is 5.54 Å². The summed E-state index contributed by atoms with van der Waals surface area (Å²) >= 11 is 0. The van der Waals surface area contributed by atoms with Crippen molar-refractivity contribution in [2.24, 2.45) is 4.99 Å². The fourth-order valence-electron chi connectivity index (χ4n) is 3.41. The summed E-state index contributed by atoms with van der Waals surface area (Å²) in [5, 5.41) is 6.74. The number of nitrogens with zero attached hydrogens (tertiary/aromatic N) is 4. The van der Waals surface area contributed by atoms with E-state index in [1.807, 2.05) is 44.4 Å². The lowest BCUT2D eigenvalue weighted by molar-refractivity contribution is -0.125. The summed E-state index contributed by atoms with van der Waals surface area (Å²) in [5.74, 6) is 0.851. The van der Waals surface area contributed by atoms with Crippen molar-refractivity contribution >= 4 is 17.8 Å². The van der Waals surface area contributed by atoms with Gasteiger partial charge in [-0.2, -0.15) is 0 Å². The number of piperidine rings is 1. The third-order valence-electron chi connectivity index (χ3n) is 5.06. The summed E-state index contributed by atoms with van der Waals surface area (Å²) < 4.78 is 5.32. The maximum Gasteiger partial charge on any atom is 0.276 e. The normalized spacial score (nSPS) is 18.4. The van der Waals surface area contributed by atoms with Crippen molar-refractivity contribution in [2.45, 2.75) is 18.4 Å². The average Bonchev–Trinajstić information content (AvgIpc) is 3.29.